The summed E-state index contributed by atoms with van der Waals surface area (Å²) in [7, 11) is 0. The van der Waals surface area contributed by atoms with E-state index in [9.17, 15) is 4.79 Å². The van der Waals surface area contributed by atoms with Crippen LogP contribution in [0, 0.1) is 6.92 Å². The predicted molar refractivity (Wildman–Crippen MR) is 157 cm³/mol. The zero-order valence-electron chi connectivity index (χ0n) is 20.9. The maximum atomic E-state index is 12.6. The van der Waals surface area contributed by atoms with Crippen molar-refractivity contribution in [2.45, 2.75) is 6.92 Å². The molecule has 1 amide bonds. The Morgan fingerprint density at radius 2 is 1.79 bits per heavy atom. The third kappa shape index (κ3) is 4.26. The van der Waals surface area contributed by atoms with Crippen molar-refractivity contribution in [2.75, 3.05) is 5.32 Å². The Labute approximate surface area is 227 Å². The van der Waals surface area contributed by atoms with E-state index in [1.165, 1.54) is 15.3 Å². The number of amides is 1. The first-order valence-electron chi connectivity index (χ1n) is 12.5. The van der Waals surface area contributed by atoms with Crippen LogP contribution in [0.5, 0.6) is 0 Å². The van der Waals surface area contributed by atoms with E-state index in [0.29, 0.717) is 11.3 Å². The smallest absolute Gasteiger partial charge is 0.255 e. The van der Waals surface area contributed by atoms with E-state index >= 15 is 0 Å². The largest absolute Gasteiger partial charge is 0.353 e. The standard InChI is InChI=1S/C31H22N6OS/c1-18-10-13-28(39-18)22-8-5-9-25-23(22)15-27(34-25)30-29-26(36-37-30)12-11-24(35-29)20-14-21(17-32-16-20)33-31(38)19-6-3-2-4-7-19/h2-17,34H,1H3,(H,33,38)(H,36,37). The number of H-pyrrole nitrogens is 2. The van der Waals surface area contributed by atoms with E-state index in [4.69, 9.17) is 4.98 Å². The normalized spacial score (nSPS) is 11.3. The molecule has 5 heterocycles. The highest BCUT2D eigenvalue weighted by molar-refractivity contribution is 7.15. The Kier molecular flexibility index (Phi) is 5.53. The lowest BCUT2D eigenvalue weighted by molar-refractivity contribution is 0.102. The summed E-state index contributed by atoms with van der Waals surface area (Å²) in [5.74, 6) is -0.189. The minimum Gasteiger partial charge on any atom is -0.353 e. The van der Waals surface area contributed by atoms with E-state index in [0.717, 1.165) is 44.6 Å². The molecule has 0 aliphatic carbocycles. The maximum absolute atomic E-state index is 12.6. The summed E-state index contributed by atoms with van der Waals surface area (Å²) in [4.78, 5) is 28.0. The second-order valence-corrected chi connectivity index (χ2v) is 10.6. The summed E-state index contributed by atoms with van der Waals surface area (Å²) in [6, 6.07) is 27.6. The summed E-state index contributed by atoms with van der Waals surface area (Å²) in [5, 5.41) is 11.8. The molecule has 0 aliphatic heterocycles. The first kappa shape index (κ1) is 23.1. The van der Waals surface area contributed by atoms with Crippen LogP contribution in [0.15, 0.2) is 97.3 Å². The summed E-state index contributed by atoms with van der Waals surface area (Å²) in [6.45, 7) is 2.12. The van der Waals surface area contributed by atoms with Gasteiger partial charge in [0.15, 0.2) is 0 Å². The molecule has 7 nitrogen and oxygen atoms in total. The predicted octanol–water partition coefficient (Wildman–Crippen LogP) is 7.46. The van der Waals surface area contributed by atoms with Gasteiger partial charge in [0.05, 0.1) is 28.8 Å². The van der Waals surface area contributed by atoms with Crippen molar-refractivity contribution in [3.8, 4) is 33.1 Å². The van der Waals surface area contributed by atoms with Gasteiger partial charge in [0.2, 0.25) is 0 Å². The summed E-state index contributed by atoms with van der Waals surface area (Å²) in [6.07, 6.45) is 3.37. The molecular formula is C31H22N6OS. The number of carbonyl (C=O) groups is 1. The van der Waals surface area contributed by atoms with Crippen molar-refractivity contribution >= 4 is 44.9 Å². The van der Waals surface area contributed by atoms with Crippen LogP contribution in [0.2, 0.25) is 0 Å². The highest BCUT2D eigenvalue weighted by Gasteiger charge is 2.16. The molecular weight excluding hydrogens is 504 g/mol. The number of fused-ring (bicyclic) bond motifs is 2. The van der Waals surface area contributed by atoms with Crippen LogP contribution in [-0.2, 0) is 0 Å². The van der Waals surface area contributed by atoms with E-state index in [1.54, 1.807) is 35.9 Å². The minimum atomic E-state index is -0.189. The third-order valence-electron chi connectivity index (χ3n) is 6.66. The zero-order chi connectivity index (χ0) is 26.3. The van der Waals surface area contributed by atoms with Gasteiger partial charge in [-0.05, 0) is 61.5 Å². The monoisotopic (exact) mass is 526 g/mol. The first-order chi connectivity index (χ1) is 19.1. The number of hydrogen-bond donors (Lipinski definition) is 3. The number of pyridine rings is 2. The van der Waals surface area contributed by atoms with Gasteiger partial charge >= 0.3 is 0 Å². The molecule has 8 heteroatoms. The van der Waals surface area contributed by atoms with Gasteiger partial charge in [-0.15, -0.1) is 11.3 Å². The van der Waals surface area contributed by atoms with Gasteiger partial charge in [-0.1, -0.05) is 30.3 Å². The number of hydrogen-bond acceptors (Lipinski definition) is 5. The fourth-order valence-electron chi connectivity index (χ4n) is 4.77. The van der Waals surface area contributed by atoms with Gasteiger partial charge in [-0.2, -0.15) is 5.10 Å². The molecule has 7 rings (SSSR count). The van der Waals surface area contributed by atoms with Crippen LogP contribution >= 0.6 is 11.3 Å². The highest BCUT2D eigenvalue weighted by Crippen LogP contribution is 2.36. The van der Waals surface area contributed by atoms with Crippen LogP contribution in [-0.4, -0.2) is 31.1 Å². The molecule has 2 aromatic carbocycles. The molecule has 0 fully saturated rings. The number of carbonyl (C=O) groups excluding carboxylic acids is 1. The van der Waals surface area contributed by atoms with Gasteiger partial charge in [-0.3, -0.25) is 14.9 Å². The molecule has 0 saturated heterocycles. The molecule has 0 atom stereocenters. The number of nitrogens with zero attached hydrogens (tertiary/aromatic N) is 3. The lowest BCUT2D eigenvalue weighted by Crippen LogP contribution is -2.11. The fourth-order valence-corrected chi connectivity index (χ4v) is 5.67. The quantitative estimate of drug-likeness (QED) is 0.217. The first-order valence-corrected chi connectivity index (χ1v) is 13.3. The molecule has 0 saturated carbocycles. The minimum absolute atomic E-state index is 0.189. The Morgan fingerprint density at radius 3 is 2.64 bits per heavy atom. The third-order valence-corrected chi connectivity index (χ3v) is 7.69. The van der Waals surface area contributed by atoms with Gasteiger partial charge in [0, 0.05) is 43.5 Å². The number of aryl methyl sites for hydroxylation is 1. The van der Waals surface area contributed by atoms with E-state index in [1.807, 2.05) is 36.4 Å². The zero-order valence-corrected chi connectivity index (χ0v) is 21.7. The Bertz CT molecular complexity index is 1990. The van der Waals surface area contributed by atoms with Crippen molar-refractivity contribution in [3.05, 3.63) is 108 Å². The van der Waals surface area contributed by atoms with E-state index < -0.39 is 0 Å². The van der Waals surface area contributed by atoms with Crippen LogP contribution < -0.4 is 5.32 Å². The summed E-state index contributed by atoms with van der Waals surface area (Å²) < 4.78 is 0. The molecule has 0 spiro atoms. The molecule has 3 N–H and O–H groups in total. The lowest BCUT2D eigenvalue weighted by atomic mass is 10.1. The summed E-state index contributed by atoms with van der Waals surface area (Å²) >= 11 is 1.79. The molecule has 5 aromatic heterocycles. The Hall–Kier alpha value is -5.08. The van der Waals surface area contributed by atoms with Gasteiger partial charge in [-0.25, -0.2) is 4.98 Å². The number of nitrogens with one attached hydrogen (secondary N) is 3. The second-order valence-electron chi connectivity index (χ2n) is 9.31. The van der Waals surface area contributed by atoms with Crippen molar-refractivity contribution in [2.24, 2.45) is 0 Å². The van der Waals surface area contributed by atoms with Crippen molar-refractivity contribution in [3.63, 3.8) is 0 Å². The van der Waals surface area contributed by atoms with Crippen LogP contribution in [0.1, 0.15) is 15.2 Å². The number of thiophene rings is 1. The van der Waals surface area contributed by atoms with Gasteiger partial charge < -0.3 is 10.3 Å². The van der Waals surface area contributed by atoms with Crippen LogP contribution in [0.25, 0.3) is 55.0 Å². The molecule has 0 radical (unpaired) electrons. The second kappa shape index (κ2) is 9.34. The lowest BCUT2D eigenvalue weighted by Gasteiger charge is -2.07. The number of aromatic nitrogens is 5. The molecule has 7 aromatic rings. The van der Waals surface area contributed by atoms with Crippen molar-refractivity contribution in [1.29, 1.82) is 0 Å². The van der Waals surface area contributed by atoms with Crippen molar-refractivity contribution < 1.29 is 4.79 Å². The van der Waals surface area contributed by atoms with Gasteiger partial charge in [0.25, 0.3) is 5.91 Å². The SMILES string of the molecule is Cc1ccc(-c2cccc3[nH]c(-c4n[nH]c5ccc(-c6cncc(NC(=O)c7ccccc7)c6)nc45)cc23)s1. The molecule has 0 bridgehead atoms. The van der Waals surface area contributed by atoms with E-state index in [2.05, 4.69) is 68.8 Å². The molecule has 188 valence electrons. The number of benzene rings is 2. The highest BCUT2D eigenvalue weighted by atomic mass is 32.1. The topological polar surface area (TPSA) is 99.4 Å². The Morgan fingerprint density at radius 1 is 0.897 bits per heavy atom. The maximum Gasteiger partial charge on any atom is 0.255 e. The molecule has 0 aliphatic rings. The fraction of sp³-hybridized carbons (Fsp3) is 0.0323. The van der Waals surface area contributed by atoms with Gasteiger partial charge in [0.1, 0.15) is 11.2 Å². The van der Waals surface area contributed by atoms with Crippen molar-refractivity contribution in [1.82, 2.24) is 25.1 Å². The number of rotatable bonds is 5. The number of aromatic amines is 2. The average molecular weight is 527 g/mol. The van der Waals surface area contributed by atoms with E-state index in [-0.39, 0.29) is 5.91 Å². The Balaban J connectivity index is 1.25. The molecule has 39 heavy (non-hydrogen) atoms. The number of anilines is 1. The molecule has 0 unspecified atom stereocenters. The van der Waals surface area contributed by atoms with Crippen LogP contribution in [0.4, 0.5) is 5.69 Å². The average Bonchev–Trinajstić information content (AvgIpc) is 3.71. The van der Waals surface area contributed by atoms with Crippen LogP contribution in [0.3, 0.4) is 0 Å². The summed E-state index contributed by atoms with van der Waals surface area (Å²) in [5.41, 5.74) is 8.19.